The third kappa shape index (κ3) is 5.56. The van der Waals surface area contributed by atoms with E-state index in [9.17, 15) is 0 Å². The Morgan fingerprint density at radius 2 is 1.58 bits per heavy atom. The molecule has 0 saturated carbocycles. The standard InChI is InChI=1S/C10H23NO/c1-8(2)6-9(3)7-10(4)11(5)12/h8-10,12H,6-7H2,1-5H3. The molecule has 2 nitrogen and oxygen atoms in total. The first-order valence-electron chi connectivity index (χ1n) is 4.85. The normalized spacial score (nSPS) is 17.0. The molecule has 0 bridgehead atoms. The third-order valence-electron chi connectivity index (χ3n) is 2.26. The van der Waals surface area contributed by atoms with Gasteiger partial charge in [-0.15, -0.1) is 0 Å². The predicted octanol–water partition coefficient (Wildman–Crippen LogP) is 2.77. The van der Waals surface area contributed by atoms with Gasteiger partial charge in [0.15, 0.2) is 0 Å². The Bertz CT molecular complexity index is 112. The molecule has 2 heteroatoms. The molecule has 0 rings (SSSR count). The minimum Gasteiger partial charge on any atom is -0.314 e. The first kappa shape index (κ1) is 11.9. The van der Waals surface area contributed by atoms with Crippen molar-refractivity contribution < 1.29 is 5.21 Å². The minimum absolute atomic E-state index is 0.277. The second-order valence-electron chi connectivity index (χ2n) is 4.39. The Labute approximate surface area is 76.5 Å². The molecule has 12 heavy (non-hydrogen) atoms. The average molecular weight is 173 g/mol. The maximum atomic E-state index is 9.14. The van der Waals surface area contributed by atoms with Crippen molar-refractivity contribution >= 4 is 0 Å². The van der Waals surface area contributed by atoms with Gasteiger partial charge in [0.2, 0.25) is 0 Å². The van der Waals surface area contributed by atoms with Crippen LogP contribution in [-0.2, 0) is 0 Å². The van der Waals surface area contributed by atoms with Crippen molar-refractivity contribution in [2.75, 3.05) is 7.05 Å². The Hall–Kier alpha value is -0.0800. The van der Waals surface area contributed by atoms with Crippen molar-refractivity contribution in [3.05, 3.63) is 0 Å². The molecule has 2 atom stereocenters. The van der Waals surface area contributed by atoms with Gasteiger partial charge >= 0.3 is 0 Å². The van der Waals surface area contributed by atoms with Crippen molar-refractivity contribution in [3.63, 3.8) is 0 Å². The van der Waals surface area contributed by atoms with Crippen LogP contribution in [0.25, 0.3) is 0 Å². The smallest absolute Gasteiger partial charge is 0.0321 e. The summed E-state index contributed by atoms with van der Waals surface area (Å²) in [7, 11) is 1.72. The minimum atomic E-state index is 0.277. The van der Waals surface area contributed by atoms with Crippen molar-refractivity contribution in [2.24, 2.45) is 11.8 Å². The van der Waals surface area contributed by atoms with Gasteiger partial charge in [-0.2, -0.15) is 5.06 Å². The number of hydroxylamine groups is 2. The Balaban J connectivity index is 3.61. The summed E-state index contributed by atoms with van der Waals surface area (Å²) in [6.45, 7) is 8.78. The highest BCUT2D eigenvalue weighted by atomic mass is 16.5. The van der Waals surface area contributed by atoms with Crippen molar-refractivity contribution in [3.8, 4) is 0 Å². The quantitative estimate of drug-likeness (QED) is 0.646. The van der Waals surface area contributed by atoms with Crippen LogP contribution >= 0.6 is 0 Å². The van der Waals surface area contributed by atoms with Gasteiger partial charge in [0.1, 0.15) is 0 Å². The van der Waals surface area contributed by atoms with Crippen LogP contribution in [-0.4, -0.2) is 23.4 Å². The molecule has 2 unspecified atom stereocenters. The summed E-state index contributed by atoms with van der Waals surface area (Å²) in [5.41, 5.74) is 0. The Morgan fingerprint density at radius 1 is 1.08 bits per heavy atom. The van der Waals surface area contributed by atoms with Crippen LogP contribution in [0.2, 0.25) is 0 Å². The molecule has 0 amide bonds. The summed E-state index contributed by atoms with van der Waals surface area (Å²) in [5, 5.41) is 10.4. The van der Waals surface area contributed by atoms with E-state index in [1.165, 1.54) is 11.5 Å². The van der Waals surface area contributed by atoms with Crippen LogP contribution in [0.3, 0.4) is 0 Å². The highest BCUT2D eigenvalue weighted by Crippen LogP contribution is 2.17. The van der Waals surface area contributed by atoms with Crippen LogP contribution < -0.4 is 0 Å². The van der Waals surface area contributed by atoms with Crippen LogP contribution in [0.4, 0.5) is 0 Å². The molecule has 0 spiro atoms. The van der Waals surface area contributed by atoms with E-state index < -0.39 is 0 Å². The molecule has 0 fully saturated rings. The lowest BCUT2D eigenvalue weighted by Gasteiger charge is -2.22. The van der Waals surface area contributed by atoms with E-state index >= 15 is 0 Å². The SMILES string of the molecule is CC(C)CC(C)CC(C)N(C)O. The maximum Gasteiger partial charge on any atom is 0.0321 e. The molecule has 0 aliphatic heterocycles. The summed E-state index contributed by atoms with van der Waals surface area (Å²) in [6, 6.07) is 0.277. The van der Waals surface area contributed by atoms with E-state index in [2.05, 4.69) is 27.7 Å². The van der Waals surface area contributed by atoms with Crippen LogP contribution in [0.5, 0.6) is 0 Å². The summed E-state index contributed by atoms with van der Waals surface area (Å²) in [5.74, 6) is 1.46. The van der Waals surface area contributed by atoms with Gasteiger partial charge in [-0.3, -0.25) is 0 Å². The fraction of sp³-hybridized carbons (Fsp3) is 1.00. The van der Waals surface area contributed by atoms with E-state index in [0.29, 0.717) is 5.92 Å². The molecule has 0 saturated heterocycles. The van der Waals surface area contributed by atoms with Gasteiger partial charge in [-0.05, 0) is 31.6 Å². The van der Waals surface area contributed by atoms with Gasteiger partial charge in [-0.1, -0.05) is 20.8 Å². The molecule has 1 N–H and O–H groups in total. The van der Waals surface area contributed by atoms with Crippen LogP contribution in [0.15, 0.2) is 0 Å². The fourth-order valence-corrected chi connectivity index (χ4v) is 1.64. The molecule has 0 aromatic heterocycles. The van der Waals surface area contributed by atoms with Gasteiger partial charge in [0, 0.05) is 13.1 Å². The van der Waals surface area contributed by atoms with E-state index in [4.69, 9.17) is 5.21 Å². The lowest BCUT2D eigenvalue weighted by Crippen LogP contribution is -2.27. The van der Waals surface area contributed by atoms with Gasteiger partial charge in [0.25, 0.3) is 0 Å². The molecular formula is C10H23NO. The van der Waals surface area contributed by atoms with Crippen LogP contribution in [0, 0.1) is 11.8 Å². The lowest BCUT2D eigenvalue weighted by atomic mass is 9.93. The van der Waals surface area contributed by atoms with E-state index in [0.717, 1.165) is 12.3 Å². The van der Waals surface area contributed by atoms with E-state index in [1.54, 1.807) is 7.05 Å². The van der Waals surface area contributed by atoms with Crippen molar-refractivity contribution in [1.82, 2.24) is 5.06 Å². The number of hydrogen-bond donors (Lipinski definition) is 1. The zero-order valence-electron chi connectivity index (χ0n) is 9.04. The van der Waals surface area contributed by atoms with Gasteiger partial charge in [0.05, 0.1) is 0 Å². The zero-order valence-corrected chi connectivity index (χ0v) is 9.04. The van der Waals surface area contributed by atoms with E-state index in [-0.39, 0.29) is 6.04 Å². The number of nitrogens with zero attached hydrogens (tertiary/aromatic N) is 1. The molecule has 0 aliphatic rings. The number of rotatable bonds is 5. The highest BCUT2D eigenvalue weighted by Gasteiger charge is 2.12. The molecule has 0 radical (unpaired) electrons. The largest absolute Gasteiger partial charge is 0.314 e. The Morgan fingerprint density at radius 3 is 1.92 bits per heavy atom. The second kappa shape index (κ2) is 5.55. The fourth-order valence-electron chi connectivity index (χ4n) is 1.64. The number of hydrogen-bond acceptors (Lipinski definition) is 2. The summed E-state index contributed by atoms with van der Waals surface area (Å²) < 4.78 is 0. The highest BCUT2D eigenvalue weighted by molar-refractivity contribution is 4.63. The molecule has 74 valence electrons. The zero-order chi connectivity index (χ0) is 9.72. The lowest BCUT2D eigenvalue weighted by molar-refractivity contribution is -0.102. The maximum absolute atomic E-state index is 9.14. The van der Waals surface area contributed by atoms with Gasteiger partial charge < -0.3 is 5.21 Å². The summed E-state index contributed by atoms with van der Waals surface area (Å²) in [4.78, 5) is 0. The first-order chi connectivity index (χ1) is 5.43. The molecular weight excluding hydrogens is 150 g/mol. The first-order valence-corrected chi connectivity index (χ1v) is 4.85. The van der Waals surface area contributed by atoms with E-state index in [1.807, 2.05) is 0 Å². The molecule has 0 aromatic rings. The third-order valence-corrected chi connectivity index (χ3v) is 2.26. The van der Waals surface area contributed by atoms with Crippen LogP contribution in [0.1, 0.15) is 40.5 Å². The molecule has 0 heterocycles. The monoisotopic (exact) mass is 173 g/mol. The average Bonchev–Trinajstić information content (AvgIpc) is 1.84. The second-order valence-corrected chi connectivity index (χ2v) is 4.39. The topological polar surface area (TPSA) is 23.5 Å². The molecule has 0 aliphatic carbocycles. The summed E-state index contributed by atoms with van der Waals surface area (Å²) in [6.07, 6.45) is 2.32. The van der Waals surface area contributed by atoms with Crippen molar-refractivity contribution in [2.45, 2.75) is 46.6 Å². The molecule has 0 aromatic carbocycles. The summed E-state index contributed by atoms with van der Waals surface area (Å²) >= 11 is 0. The van der Waals surface area contributed by atoms with Gasteiger partial charge in [-0.25, -0.2) is 0 Å². The predicted molar refractivity (Wildman–Crippen MR) is 52.2 cm³/mol. The van der Waals surface area contributed by atoms with Crippen molar-refractivity contribution in [1.29, 1.82) is 0 Å². The Kier molecular flexibility index (Phi) is 5.51.